The molecule has 0 saturated heterocycles. The fourth-order valence-corrected chi connectivity index (χ4v) is 2.69. The largest absolute Gasteiger partial charge is 0.481 e. The van der Waals surface area contributed by atoms with E-state index < -0.39 is 46.9 Å². The molecule has 0 bridgehead atoms. The van der Waals surface area contributed by atoms with Crippen LogP contribution in [-0.4, -0.2) is 35.0 Å². The molecule has 0 radical (unpaired) electrons. The van der Waals surface area contributed by atoms with Crippen molar-refractivity contribution in [2.75, 3.05) is 0 Å². The number of carbonyl (C=O) groups excluding carboxylic acids is 2. The number of carboxylic acids is 1. The standard InChI is InChI=1S/C17H20F2N2O4/c1-8(2)14(16(23)20-10-6-9(7-10)17(24)25)21-15(22)13-11(18)4-3-5-12(13)19/h3-5,8-10,14H,6-7H2,1-2H3,(H,20,23)(H,21,22)(H,24,25). The Hall–Kier alpha value is -2.51. The summed E-state index contributed by atoms with van der Waals surface area (Å²) in [5.41, 5.74) is -0.740. The number of rotatable bonds is 6. The van der Waals surface area contributed by atoms with Gasteiger partial charge in [0.05, 0.1) is 5.92 Å². The second-order valence-electron chi connectivity index (χ2n) is 6.50. The lowest BCUT2D eigenvalue weighted by Gasteiger charge is -2.34. The third-order valence-corrected chi connectivity index (χ3v) is 4.26. The Balaban J connectivity index is 2.02. The Labute approximate surface area is 143 Å². The van der Waals surface area contributed by atoms with Crippen molar-refractivity contribution in [3.05, 3.63) is 35.4 Å². The van der Waals surface area contributed by atoms with Gasteiger partial charge in [-0.25, -0.2) is 8.78 Å². The highest BCUT2D eigenvalue weighted by molar-refractivity contribution is 5.98. The molecule has 0 spiro atoms. The molecule has 1 aromatic carbocycles. The highest BCUT2D eigenvalue weighted by atomic mass is 19.1. The van der Waals surface area contributed by atoms with Crippen molar-refractivity contribution in [3.8, 4) is 0 Å². The van der Waals surface area contributed by atoms with Crippen LogP contribution in [0.2, 0.25) is 0 Å². The Morgan fingerprint density at radius 3 is 2.20 bits per heavy atom. The highest BCUT2D eigenvalue weighted by Crippen LogP contribution is 2.27. The molecular weight excluding hydrogens is 334 g/mol. The number of nitrogens with one attached hydrogen (secondary N) is 2. The van der Waals surface area contributed by atoms with Gasteiger partial charge in [0.1, 0.15) is 23.2 Å². The number of carboxylic acid groups (broad SMARTS) is 1. The first-order chi connectivity index (χ1) is 11.7. The van der Waals surface area contributed by atoms with E-state index in [1.165, 1.54) is 0 Å². The summed E-state index contributed by atoms with van der Waals surface area (Å²) in [6.45, 7) is 3.37. The van der Waals surface area contributed by atoms with Gasteiger partial charge in [0.2, 0.25) is 5.91 Å². The lowest BCUT2D eigenvalue weighted by Crippen LogP contribution is -2.55. The molecule has 2 rings (SSSR count). The van der Waals surface area contributed by atoms with Crippen molar-refractivity contribution in [3.63, 3.8) is 0 Å². The number of hydrogen-bond donors (Lipinski definition) is 3. The molecule has 0 aliphatic heterocycles. The van der Waals surface area contributed by atoms with Crippen LogP contribution in [0, 0.1) is 23.5 Å². The molecule has 6 nitrogen and oxygen atoms in total. The molecule has 1 aliphatic rings. The predicted molar refractivity (Wildman–Crippen MR) is 84.7 cm³/mol. The summed E-state index contributed by atoms with van der Waals surface area (Å²) >= 11 is 0. The van der Waals surface area contributed by atoms with Gasteiger partial charge in [-0.15, -0.1) is 0 Å². The van der Waals surface area contributed by atoms with Gasteiger partial charge in [0, 0.05) is 6.04 Å². The molecule has 1 fully saturated rings. The smallest absolute Gasteiger partial charge is 0.306 e. The van der Waals surface area contributed by atoms with Crippen LogP contribution in [0.25, 0.3) is 0 Å². The first-order valence-corrected chi connectivity index (χ1v) is 7.98. The summed E-state index contributed by atoms with van der Waals surface area (Å²) in [5, 5.41) is 13.9. The fourth-order valence-electron chi connectivity index (χ4n) is 2.69. The lowest BCUT2D eigenvalue weighted by atomic mass is 9.80. The summed E-state index contributed by atoms with van der Waals surface area (Å²) < 4.78 is 27.4. The maximum absolute atomic E-state index is 13.7. The molecule has 1 aromatic rings. The molecule has 25 heavy (non-hydrogen) atoms. The molecule has 136 valence electrons. The van der Waals surface area contributed by atoms with Gasteiger partial charge in [-0.1, -0.05) is 19.9 Å². The molecule has 0 aromatic heterocycles. The normalized spacial score (nSPS) is 20.5. The minimum Gasteiger partial charge on any atom is -0.481 e. The zero-order valence-corrected chi connectivity index (χ0v) is 13.9. The van der Waals surface area contributed by atoms with Crippen molar-refractivity contribution in [2.45, 2.75) is 38.8 Å². The lowest BCUT2D eigenvalue weighted by molar-refractivity contribution is -0.146. The van der Waals surface area contributed by atoms with E-state index in [2.05, 4.69) is 10.6 Å². The van der Waals surface area contributed by atoms with Gasteiger partial charge in [-0.3, -0.25) is 14.4 Å². The van der Waals surface area contributed by atoms with E-state index in [0.717, 1.165) is 18.2 Å². The Bertz CT molecular complexity index is 667. The van der Waals surface area contributed by atoms with E-state index in [4.69, 9.17) is 5.11 Å². The van der Waals surface area contributed by atoms with Gasteiger partial charge in [-0.2, -0.15) is 0 Å². The monoisotopic (exact) mass is 354 g/mol. The first-order valence-electron chi connectivity index (χ1n) is 7.98. The molecular formula is C17H20F2N2O4. The van der Waals surface area contributed by atoms with Crippen molar-refractivity contribution < 1.29 is 28.3 Å². The molecule has 0 heterocycles. The average Bonchev–Trinajstić information content (AvgIpc) is 2.46. The summed E-state index contributed by atoms with van der Waals surface area (Å²) in [5.74, 6) is -5.25. The van der Waals surface area contributed by atoms with Gasteiger partial charge in [-0.05, 0) is 30.9 Å². The number of amides is 2. The van der Waals surface area contributed by atoms with Crippen molar-refractivity contribution >= 4 is 17.8 Å². The summed E-state index contributed by atoms with van der Waals surface area (Å²) in [6.07, 6.45) is 0.642. The average molecular weight is 354 g/mol. The van der Waals surface area contributed by atoms with Gasteiger partial charge < -0.3 is 15.7 Å². The summed E-state index contributed by atoms with van der Waals surface area (Å²) in [7, 11) is 0. The van der Waals surface area contributed by atoms with Crippen LogP contribution in [0.4, 0.5) is 8.78 Å². The number of hydrogen-bond acceptors (Lipinski definition) is 3. The van der Waals surface area contributed by atoms with E-state index >= 15 is 0 Å². The Kier molecular flexibility index (Phi) is 5.71. The van der Waals surface area contributed by atoms with Crippen LogP contribution in [0.3, 0.4) is 0 Å². The molecule has 2 amide bonds. The van der Waals surface area contributed by atoms with Gasteiger partial charge in [0.25, 0.3) is 5.91 Å². The van der Waals surface area contributed by atoms with Crippen LogP contribution >= 0.6 is 0 Å². The van der Waals surface area contributed by atoms with Crippen molar-refractivity contribution in [1.82, 2.24) is 10.6 Å². The number of aliphatic carboxylic acids is 1. The Morgan fingerprint density at radius 1 is 1.16 bits per heavy atom. The van der Waals surface area contributed by atoms with E-state index in [1.807, 2.05) is 0 Å². The number of carbonyl (C=O) groups is 3. The van der Waals surface area contributed by atoms with Gasteiger partial charge in [0.15, 0.2) is 0 Å². The van der Waals surface area contributed by atoms with E-state index in [0.29, 0.717) is 12.8 Å². The summed E-state index contributed by atoms with van der Waals surface area (Å²) in [6, 6.07) is 1.79. The van der Waals surface area contributed by atoms with Crippen molar-refractivity contribution in [2.24, 2.45) is 11.8 Å². The molecule has 1 atom stereocenters. The molecule has 1 unspecified atom stereocenters. The third-order valence-electron chi connectivity index (χ3n) is 4.26. The maximum atomic E-state index is 13.7. The Morgan fingerprint density at radius 2 is 1.72 bits per heavy atom. The third kappa shape index (κ3) is 4.32. The first kappa shape index (κ1) is 18.8. The van der Waals surface area contributed by atoms with Crippen molar-refractivity contribution in [1.29, 1.82) is 0 Å². The second kappa shape index (κ2) is 7.58. The van der Waals surface area contributed by atoms with Crippen LogP contribution in [0.15, 0.2) is 18.2 Å². The van der Waals surface area contributed by atoms with E-state index in [1.54, 1.807) is 13.8 Å². The van der Waals surface area contributed by atoms with Crippen LogP contribution in [0.1, 0.15) is 37.0 Å². The second-order valence-corrected chi connectivity index (χ2v) is 6.50. The van der Waals surface area contributed by atoms with Gasteiger partial charge >= 0.3 is 5.97 Å². The zero-order valence-electron chi connectivity index (χ0n) is 13.9. The minimum absolute atomic E-state index is 0.281. The molecule has 8 heteroatoms. The topological polar surface area (TPSA) is 95.5 Å². The van der Waals surface area contributed by atoms with E-state index in [-0.39, 0.29) is 12.0 Å². The molecule has 3 N–H and O–H groups in total. The van der Waals surface area contributed by atoms with Crippen LogP contribution in [-0.2, 0) is 9.59 Å². The SMILES string of the molecule is CC(C)C(NC(=O)c1c(F)cccc1F)C(=O)NC1CC(C(=O)O)C1. The fraction of sp³-hybridized carbons (Fsp3) is 0.471. The molecule has 1 saturated carbocycles. The minimum atomic E-state index is -1.01. The van der Waals surface area contributed by atoms with Crippen LogP contribution < -0.4 is 10.6 Å². The quantitative estimate of drug-likeness (QED) is 0.725. The van der Waals surface area contributed by atoms with Crippen LogP contribution in [0.5, 0.6) is 0 Å². The summed E-state index contributed by atoms with van der Waals surface area (Å²) in [4.78, 5) is 35.3. The number of benzene rings is 1. The predicted octanol–water partition coefficient (Wildman–Crippen LogP) is 1.70. The molecule has 1 aliphatic carbocycles. The number of halogens is 2. The maximum Gasteiger partial charge on any atom is 0.306 e. The zero-order chi connectivity index (χ0) is 18.7. The van der Waals surface area contributed by atoms with E-state index in [9.17, 15) is 23.2 Å². The highest BCUT2D eigenvalue weighted by Gasteiger charge is 2.37.